The van der Waals surface area contributed by atoms with E-state index < -0.39 is 24.2 Å². The van der Waals surface area contributed by atoms with E-state index in [0.717, 1.165) is 18.4 Å². The minimum Gasteiger partial charge on any atom is -0.506 e. The average Bonchev–Trinajstić information content (AvgIpc) is 3.71. The Kier molecular flexibility index (Phi) is 10.6. The summed E-state index contributed by atoms with van der Waals surface area (Å²) in [6.07, 6.45) is 10.3. The molecular weight excluding hydrogens is 510 g/mol. The number of amides is 2. The third-order valence-corrected chi connectivity index (χ3v) is 7.56. The minimum atomic E-state index is -0.893. The normalized spacial score (nSPS) is 28.4. The maximum atomic E-state index is 13.0. The second-order valence-corrected chi connectivity index (χ2v) is 11.4. The van der Waals surface area contributed by atoms with Crippen LogP contribution in [0.5, 0.6) is 11.5 Å². The van der Waals surface area contributed by atoms with Gasteiger partial charge in [-0.1, -0.05) is 45.1 Å². The van der Waals surface area contributed by atoms with Crippen LogP contribution in [0.2, 0.25) is 0 Å². The van der Waals surface area contributed by atoms with Crippen molar-refractivity contribution in [1.82, 2.24) is 0 Å². The molecule has 0 aromatic heterocycles. The molecular formula is C31H43N3O6. The van der Waals surface area contributed by atoms with Crippen molar-refractivity contribution in [3.63, 3.8) is 0 Å². The number of carbonyl (C=O) groups excluding carboxylic acids is 2. The van der Waals surface area contributed by atoms with Crippen molar-refractivity contribution in [2.24, 2.45) is 34.4 Å². The van der Waals surface area contributed by atoms with Crippen LogP contribution in [0, 0.1) is 23.7 Å². The smallest absolute Gasteiger partial charge is 0.405 e. The number of rotatable bonds is 3. The summed E-state index contributed by atoms with van der Waals surface area (Å²) in [5, 5.41) is 35.7. The first-order chi connectivity index (χ1) is 18.9. The number of phenols is 2. The number of fused-ring (bicyclic) bond motifs is 2. The lowest BCUT2D eigenvalue weighted by molar-refractivity contribution is -0.112. The highest BCUT2D eigenvalue weighted by molar-refractivity contribution is 6.04. The number of allylic oxidation sites excluding steroid dienone is 2. The fourth-order valence-electron chi connectivity index (χ4n) is 4.86. The van der Waals surface area contributed by atoms with Gasteiger partial charge in [0.25, 0.3) is 5.91 Å². The first-order valence-electron chi connectivity index (χ1n) is 14.0. The van der Waals surface area contributed by atoms with Crippen LogP contribution in [0.1, 0.15) is 65.9 Å². The lowest BCUT2D eigenvalue weighted by Crippen LogP contribution is -2.29. The molecule has 2 bridgehead atoms. The quantitative estimate of drug-likeness (QED) is 0.141. The zero-order valence-electron chi connectivity index (χ0n) is 24.1. The largest absolute Gasteiger partial charge is 0.506 e. The minimum absolute atomic E-state index is 0.0249. The molecule has 1 fully saturated rings. The Hall–Kier alpha value is -3.59. The number of aliphatic hydroxyl groups excluding tert-OH is 1. The number of benzene rings is 1. The zero-order chi connectivity index (χ0) is 29.6. The number of aliphatic hydroxyl groups is 1. The van der Waals surface area contributed by atoms with Gasteiger partial charge in [0.15, 0.2) is 0 Å². The van der Waals surface area contributed by atoms with Crippen LogP contribution in [0.4, 0.5) is 16.2 Å². The highest BCUT2D eigenvalue weighted by Crippen LogP contribution is 2.44. The Morgan fingerprint density at radius 1 is 1.12 bits per heavy atom. The molecule has 1 saturated carbocycles. The molecule has 9 heteroatoms. The number of anilines is 1. The molecule has 1 aliphatic heterocycles. The van der Waals surface area contributed by atoms with Crippen LogP contribution in [0.3, 0.4) is 0 Å². The Labute approximate surface area is 236 Å². The molecule has 6 N–H and O–H groups in total. The standard InChI is InChI=1S/C31H43N3O6/c1-17-9-12-25(35)20(4)14-21(5)29(40-31(32)39)18(2)7-6-8-19(3)30(38)34-24-15-26(36)27(23(13-17)28(24)37)33-16-22-10-11-22/h6-8,14-18,20,22,25,29,35-37H,9-13H2,1-5H3,(H2,32,39)(H,34,38)/b7-6?,19-8+,21-14?,33-16?. The molecule has 40 heavy (non-hydrogen) atoms. The van der Waals surface area contributed by atoms with Gasteiger partial charge in [-0.15, -0.1) is 0 Å². The molecule has 9 nitrogen and oxygen atoms in total. The van der Waals surface area contributed by atoms with Gasteiger partial charge in [0.1, 0.15) is 23.3 Å². The van der Waals surface area contributed by atoms with E-state index in [-0.39, 0.29) is 34.9 Å². The number of nitrogens with two attached hydrogens (primary N) is 1. The number of ether oxygens (including phenoxy) is 1. The third-order valence-electron chi connectivity index (χ3n) is 7.56. The Bertz CT molecular complexity index is 1210. The zero-order valence-corrected chi connectivity index (χ0v) is 24.1. The van der Waals surface area contributed by atoms with E-state index >= 15 is 0 Å². The van der Waals surface area contributed by atoms with Gasteiger partial charge in [0.2, 0.25) is 0 Å². The van der Waals surface area contributed by atoms with E-state index in [2.05, 4.69) is 10.3 Å². The van der Waals surface area contributed by atoms with Crippen LogP contribution in [0.15, 0.2) is 46.5 Å². The van der Waals surface area contributed by atoms with Gasteiger partial charge in [-0.25, -0.2) is 4.79 Å². The van der Waals surface area contributed by atoms with Crippen molar-refractivity contribution < 1.29 is 29.6 Å². The second-order valence-electron chi connectivity index (χ2n) is 11.4. The van der Waals surface area contributed by atoms with E-state index in [4.69, 9.17) is 10.5 Å². The second kappa shape index (κ2) is 13.7. The topological polar surface area (TPSA) is 154 Å². The van der Waals surface area contributed by atoms with Crippen molar-refractivity contribution in [2.75, 3.05) is 5.32 Å². The number of hydrogen-bond acceptors (Lipinski definition) is 7. The summed E-state index contributed by atoms with van der Waals surface area (Å²) in [6, 6.07) is 1.32. The molecule has 0 radical (unpaired) electrons. The lowest BCUT2D eigenvalue weighted by Gasteiger charge is -2.24. The van der Waals surface area contributed by atoms with Gasteiger partial charge in [-0.2, -0.15) is 0 Å². The Balaban J connectivity index is 2.01. The van der Waals surface area contributed by atoms with Gasteiger partial charge in [0, 0.05) is 35.3 Å². The number of nitrogens with zero attached hydrogens (tertiary/aromatic N) is 1. The molecule has 0 spiro atoms. The number of aliphatic imine (C=N–C) groups is 1. The van der Waals surface area contributed by atoms with Crippen LogP contribution >= 0.6 is 0 Å². The molecule has 1 heterocycles. The highest BCUT2D eigenvalue weighted by atomic mass is 16.6. The van der Waals surface area contributed by atoms with Gasteiger partial charge in [-0.3, -0.25) is 9.79 Å². The third kappa shape index (κ3) is 8.45. The maximum Gasteiger partial charge on any atom is 0.405 e. The van der Waals surface area contributed by atoms with Gasteiger partial charge >= 0.3 is 6.09 Å². The van der Waals surface area contributed by atoms with E-state index in [1.165, 1.54) is 6.07 Å². The molecule has 1 aromatic carbocycles. The molecule has 5 atom stereocenters. The number of aromatic hydroxyl groups is 2. The highest BCUT2D eigenvalue weighted by Gasteiger charge is 2.25. The number of phenolic OH excluding ortho intramolecular Hbond substituents is 2. The van der Waals surface area contributed by atoms with E-state index in [0.29, 0.717) is 42.0 Å². The summed E-state index contributed by atoms with van der Waals surface area (Å²) in [5.41, 5.74) is 7.32. The maximum absolute atomic E-state index is 13.0. The van der Waals surface area contributed by atoms with Gasteiger partial charge in [-0.05, 0) is 63.4 Å². The number of primary amides is 1. The molecule has 2 amide bonds. The number of hydrogen-bond donors (Lipinski definition) is 5. The fraction of sp³-hybridized carbons (Fsp3) is 0.516. The van der Waals surface area contributed by atoms with Crippen LogP contribution in [-0.2, 0) is 16.0 Å². The molecule has 5 unspecified atom stereocenters. The van der Waals surface area contributed by atoms with Crippen molar-refractivity contribution >= 4 is 29.6 Å². The number of carbonyl (C=O) groups is 2. The summed E-state index contributed by atoms with van der Waals surface area (Å²) in [7, 11) is 0. The van der Waals surface area contributed by atoms with Crippen molar-refractivity contribution in [3.8, 4) is 11.5 Å². The van der Waals surface area contributed by atoms with Crippen LogP contribution in [-0.4, -0.2) is 45.7 Å². The summed E-state index contributed by atoms with van der Waals surface area (Å²) in [5.74, 6) is -0.785. The van der Waals surface area contributed by atoms with Gasteiger partial charge < -0.3 is 31.1 Å². The lowest BCUT2D eigenvalue weighted by atomic mass is 9.89. The number of nitrogens with one attached hydrogen (secondary N) is 1. The van der Waals surface area contributed by atoms with Crippen molar-refractivity contribution in [3.05, 3.63) is 47.1 Å². The summed E-state index contributed by atoms with van der Waals surface area (Å²) in [6.45, 7) is 9.25. The summed E-state index contributed by atoms with van der Waals surface area (Å²) >= 11 is 0. The first kappa shape index (κ1) is 30.9. The molecule has 3 rings (SSSR count). The van der Waals surface area contributed by atoms with Crippen LogP contribution in [0.25, 0.3) is 0 Å². The summed E-state index contributed by atoms with van der Waals surface area (Å²) < 4.78 is 5.40. The predicted molar refractivity (Wildman–Crippen MR) is 157 cm³/mol. The summed E-state index contributed by atoms with van der Waals surface area (Å²) in [4.78, 5) is 29.1. The van der Waals surface area contributed by atoms with Crippen molar-refractivity contribution in [1.29, 1.82) is 0 Å². The van der Waals surface area contributed by atoms with E-state index in [1.54, 1.807) is 31.4 Å². The SMILES string of the molecule is CC1=CC(C)C(O)CCC(C)Cc2c(O)c(cc(O)c2N=CC2CC2)NC(=O)/C(C)=C/C=CC(C)C1OC(N)=O. The Morgan fingerprint density at radius 3 is 2.48 bits per heavy atom. The van der Waals surface area contributed by atoms with E-state index in [9.17, 15) is 24.9 Å². The first-order valence-corrected chi connectivity index (χ1v) is 14.0. The predicted octanol–water partition coefficient (Wildman–Crippen LogP) is 5.67. The average molecular weight is 554 g/mol. The molecule has 1 aromatic rings. The Morgan fingerprint density at radius 2 is 1.82 bits per heavy atom. The van der Waals surface area contributed by atoms with Crippen LogP contribution < -0.4 is 11.1 Å². The molecule has 0 saturated heterocycles. The molecule has 1 aliphatic carbocycles. The molecule has 2 aliphatic rings. The molecule has 218 valence electrons. The van der Waals surface area contributed by atoms with Crippen molar-refractivity contribution in [2.45, 2.75) is 78.9 Å². The van der Waals surface area contributed by atoms with Gasteiger partial charge in [0.05, 0.1) is 11.8 Å². The monoisotopic (exact) mass is 553 g/mol. The van der Waals surface area contributed by atoms with E-state index in [1.807, 2.05) is 33.8 Å². The fourth-order valence-corrected chi connectivity index (χ4v) is 4.86.